The lowest BCUT2D eigenvalue weighted by Gasteiger charge is -2.18. The SMILES string of the molecule is CNC(Cc1ccc(C)cc1)c1cccc(OCc2ccccc2)c1. The molecule has 0 aliphatic heterocycles. The maximum absolute atomic E-state index is 5.97. The Bertz CT molecular complexity index is 781. The standard InChI is InChI=1S/C23H25NO/c1-18-11-13-19(14-12-18)15-23(24-2)21-9-6-10-22(16-21)25-17-20-7-4-3-5-8-20/h3-14,16,23-24H,15,17H2,1-2H3. The maximum atomic E-state index is 5.97. The maximum Gasteiger partial charge on any atom is 0.120 e. The summed E-state index contributed by atoms with van der Waals surface area (Å²) in [7, 11) is 2.01. The topological polar surface area (TPSA) is 21.3 Å². The van der Waals surface area contributed by atoms with E-state index in [4.69, 9.17) is 4.74 Å². The molecule has 1 N–H and O–H groups in total. The predicted molar refractivity (Wildman–Crippen MR) is 104 cm³/mol. The molecule has 0 bridgehead atoms. The van der Waals surface area contributed by atoms with E-state index in [9.17, 15) is 0 Å². The van der Waals surface area contributed by atoms with Crippen molar-refractivity contribution in [1.82, 2.24) is 5.32 Å². The molecule has 2 heteroatoms. The van der Waals surface area contributed by atoms with E-state index < -0.39 is 0 Å². The highest BCUT2D eigenvalue weighted by molar-refractivity contribution is 5.32. The zero-order chi connectivity index (χ0) is 17.5. The summed E-state index contributed by atoms with van der Waals surface area (Å²) in [6.07, 6.45) is 0.957. The molecule has 0 saturated carbocycles. The van der Waals surface area contributed by atoms with Crippen LogP contribution in [0, 0.1) is 6.92 Å². The van der Waals surface area contributed by atoms with Gasteiger partial charge in [0, 0.05) is 6.04 Å². The second-order valence-electron chi connectivity index (χ2n) is 6.38. The van der Waals surface area contributed by atoms with Gasteiger partial charge >= 0.3 is 0 Å². The van der Waals surface area contributed by atoms with Gasteiger partial charge in [0.25, 0.3) is 0 Å². The van der Waals surface area contributed by atoms with E-state index >= 15 is 0 Å². The first-order chi connectivity index (χ1) is 12.2. The first-order valence-corrected chi connectivity index (χ1v) is 8.74. The van der Waals surface area contributed by atoms with Crippen LogP contribution in [-0.4, -0.2) is 7.05 Å². The van der Waals surface area contributed by atoms with Gasteiger partial charge in [-0.2, -0.15) is 0 Å². The zero-order valence-electron chi connectivity index (χ0n) is 14.9. The monoisotopic (exact) mass is 331 g/mol. The third-order valence-electron chi connectivity index (χ3n) is 4.42. The van der Waals surface area contributed by atoms with Crippen molar-refractivity contribution in [2.45, 2.75) is 26.0 Å². The Labute approximate surface area is 150 Å². The molecule has 3 aromatic rings. The molecule has 3 rings (SSSR count). The number of likely N-dealkylation sites (N-methyl/N-ethyl adjacent to an activating group) is 1. The van der Waals surface area contributed by atoms with Crippen LogP contribution in [0.1, 0.15) is 28.3 Å². The van der Waals surface area contributed by atoms with Gasteiger partial charge < -0.3 is 10.1 Å². The molecule has 1 unspecified atom stereocenters. The molecule has 0 spiro atoms. The van der Waals surface area contributed by atoms with E-state index in [0.717, 1.165) is 12.2 Å². The fourth-order valence-corrected chi connectivity index (χ4v) is 2.91. The van der Waals surface area contributed by atoms with Gasteiger partial charge in [-0.25, -0.2) is 0 Å². The van der Waals surface area contributed by atoms with Crippen molar-refractivity contribution in [3.8, 4) is 5.75 Å². The number of aryl methyl sites for hydroxylation is 1. The van der Waals surface area contributed by atoms with Crippen molar-refractivity contribution >= 4 is 0 Å². The molecule has 0 amide bonds. The molecular weight excluding hydrogens is 306 g/mol. The first-order valence-electron chi connectivity index (χ1n) is 8.74. The van der Waals surface area contributed by atoms with Crippen LogP contribution in [0.25, 0.3) is 0 Å². The number of benzene rings is 3. The van der Waals surface area contributed by atoms with Crippen LogP contribution in [0.15, 0.2) is 78.9 Å². The van der Waals surface area contributed by atoms with E-state index in [-0.39, 0.29) is 6.04 Å². The summed E-state index contributed by atoms with van der Waals surface area (Å²) in [5.41, 5.74) is 5.05. The Hall–Kier alpha value is -2.58. The fraction of sp³-hybridized carbons (Fsp3) is 0.217. The summed E-state index contributed by atoms with van der Waals surface area (Å²) in [6.45, 7) is 2.71. The highest BCUT2D eigenvalue weighted by atomic mass is 16.5. The number of rotatable bonds is 7. The molecule has 3 aromatic carbocycles. The van der Waals surface area contributed by atoms with E-state index in [1.807, 2.05) is 31.3 Å². The van der Waals surface area contributed by atoms with Crippen molar-refractivity contribution in [2.75, 3.05) is 7.05 Å². The molecule has 0 saturated heterocycles. The Morgan fingerprint density at radius 3 is 2.32 bits per heavy atom. The second kappa shape index (κ2) is 8.50. The summed E-state index contributed by atoms with van der Waals surface area (Å²) in [6, 6.07) is 27.6. The van der Waals surface area contributed by atoms with E-state index in [0.29, 0.717) is 6.61 Å². The lowest BCUT2D eigenvalue weighted by atomic mass is 9.98. The lowest BCUT2D eigenvalue weighted by Crippen LogP contribution is -2.18. The van der Waals surface area contributed by atoms with Crippen LogP contribution in [0.4, 0.5) is 0 Å². The Balaban J connectivity index is 1.69. The highest BCUT2D eigenvalue weighted by Crippen LogP contribution is 2.23. The fourth-order valence-electron chi connectivity index (χ4n) is 2.91. The zero-order valence-corrected chi connectivity index (χ0v) is 14.9. The molecule has 0 radical (unpaired) electrons. The van der Waals surface area contributed by atoms with Gasteiger partial charge in [0.2, 0.25) is 0 Å². The van der Waals surface area contributed by atoms with Gasteiger partial charge in [-0.1, -0.05) is 72.3 Å². The largest absolute Gasteiger partial charge is 0.489 e. The molecule has 25 heavy (non-hydrogen) atoms. The number of hydrogen-bond donors (Lipinski definition) is 1. The van der Waals surface area contributed by atoms with Crippen molar-refractivity contribution in [1.29, 1.82) is 0 Å². The van der Waals surface area contributed by atoms with Crippen molar-refractivity contribution in [2.24, 2.45) is 0 Å². The third-order valence-corrected chi connectivity index (χ3v) is 4.42. The number of hydrogen-bond acceptors (Lipinski definition) is 2. The van der Waals surface area contributed by atoms with Crippen LogP contribution in [0.5, 0.6) is 5.75 Å². The number of ether oxygens (including phenoxy) is 1. The van der Waals surface area contributed by atoms with Crippen molar-refractivity contribution in [3.05, 3.63) is 101 Å². The van der Waals surface area contributed by atoms with E-state index in [2.05, 4.69) is 66.8 Å². The normalized spacial score (nSPS) is 11.9. The van der Waals surface area contributed by atoms with Crippen molar-refractivity contribution in [3.63, 3.8) is 0 Å². The quantitative estimate of drug-likeness (QED) is 0.652. The lowest BCUT2D eigenvalue weighted by molar-refractivity contribution is 0.305. The van der Waals surface area contributed by atoms with E-state index in [1.54, 1.807) is 0 Å². The van der Waals surface area contributed by atoms with Gasteiger partial charge in [0.1, 0.15) is 12.4 Å². The molecule has 0 aliphatic rings. The van der Waals surface area contributed by atoms with Gasteiger partial charge in [0.05, 0.1) is 0 Å². The molecular formula is C23H25NO. The van der Waals surface area contributed by atoms with Gasteiger partial charge in [-0.15, -0.1) is 0 Å². The van der Waals surface area contributed by atoms with Crippen LogP contribution >= 0.6 is 0 Å². The Morgan fingerprint density at radius 1 is 0.840 bits per heavy atom. The molecule has 1 atom stereocenters. The van der Waals surface area contributed by atoms with Crippen molar-refractivity contribution < 1.29 is 4.74 Å². The van der Waals surface area contributed by atoms with Crippen LogP contribution in [0.2, 0.25) is 0 Å². The van der Waals surface area contributed by atoms with Crippen LogP contribution in [0.3, 0.4) is 0 Å². The molecule has 128 valence electrons. The summed E-state index contributed by atoms with van der Waals surface area (Å²) in [5, 5.41) is 3.43. The molecule has 0 heterocycles. The molecule has 0 aliphatic carbocycles. The second-order valence-corrected chi connectivity index (χ2v) is 6.38. The Kier molecular flexibility index (Phi) is 5.86. The highest BCUT2D eigenvalue weighted by Gasteiger charge is 2.11. The molecule has 0 fully saturated rings. The summed E-state index contributed by atoms with van der Waals surface area (Å²) in [5.74, 6) is 0.908. The van der Waals surface area contributed by atoms with E-state index in [1.165, 1.54) is 22.3 Å². The Morgan fingerprint density at radius 2 is 1.60 bits per heavy atom. The summed E-state index contributed by atoms with van der Waals surface area (Å²) < 4.78 is 5.97. The van der Waals surface area contributed by atoms with Gasteiger partial charge in [0.15, 0.2) is 0 Å². The van der Waals surface area contributed by atoms with Crippen LogP contribution < -0.4 is 10.1 Å². The minimum atomic E-state index is 0.267. The minimum absolute atomic E-state index is 0.267. The summed E-state index contributed by atoms with van der Waals surface area (Å²) >= 11 is 0. The van der Waals surface area contributed by atoms with Gasteiger partial charge in [-0.3, -0.25) is 0 Å². The smallest absolute Gasteiger partial charge is 0.120 e. The minimum Gasteiger partial charge on any atom is -0.489 e. The summed E-state index contributed by atoms with van der Waals surface area (Å²) in [4.78, 5) is 0. The molecule has 2 nitrogen and oxygen atoms in total. The predicted octanol–water partition coefficient (Wildman–Crippen LogP) is 5.08. The number of nitrogens with one attached hydrogen (secondary N) is 1. The van der Waals surface area contributed by atoms with Gasteiger partial charge in [-0.05, 0) is 49.2 Å². The molecule has 0 aromatic heterocycles. The first kappa shape index (κ1) is 17.2. The third kappa shape index (κ3) is 4.94. The average molecular weight is 331 g/mol. The average Bonchev–Trinajstić information content (AvgIpc) is 2.67. The van der Waals surface area contributed by atoms with Crippen LogP contribution in [-0.2, 0) is 13.0 Å².